The van der Waals surface area contributed by atoms with Crippen LogP contribution < -0.4 is 11.1 Å². The summed E-state index contributed by atoms with van der Waals surface area (Å²) in [7, 11) is 0. The molecule has 90 valence electrons. The molecule has 0 aliphatic heterocycles. The predicted octanol–water partition coefficient (Wildman–Crippen LogP) is 3.54. The smallest absolute Gasteiger partial charge is 0.263 e. The summed E-state index contributed by atoms with van der Waals surface area (Å²) in [6, 6.07) is 5.40. The largest absolute Gasteiger partial charge is 0.397 e. The highest BCUT2D eigenvalue weighted by Crippen LogP contribution is 2.27. The summed E-state index contributed by atoms with van der Waals surface area (Å²) >= 11 is 8.66. The zero-order chi connectivity index (χ0) is 12.4. The highest BCUT2D eigenvalue weighted by atomic mass is 35.5. The maximum absolute atomic E-state index is 11.9. The number of hydrogen-bond donors (Lipinski definition) is 2. The Morgan fingerprint density at radius 3 is 2.76 bits per heavy atom. The molecule has 0 saturated carbocycles. The fraction of sp³-hybridized carbons (Fsp3) is 0.182. The number of halogens is 1. The Kier molecular flexibility index (Phi) is 3.71. The summed E-state index contributed by atoms with van der Waals surface area (Å²) in [6.07, 6.45) is 0. The number of carbonyl (C=O) groups is 1. The third-order valence-electron chi connectivity index (χ3n) is 2.27. The average molecular weight is 287 g/mol. The number of nitrogens with one attached hydrogen (secondary N) is 1. The molecule has 2 rings (SSSR count). The van der Waals surface area contributed by atoms with E-state index in [0.29, 0.717) is 10.6 Å². The first kappa shape index (κ1) is 12.4. The zero-order valence-electron chi connectivity index (χ0n) is 9.07. The minimum Gasteiger partial charge on any atom is -0.397 e. The van der Waals surface area contributed by atoms with Crippen LogP contribution in [0.2, 0.25) is 4.34 Å². The van der Waals surface area contributed by atoms with Crippen molar-refractivity contribution < 1.29 is 4.79 Å². The molecule has 0 fully saturated rings. The molecule has 2 aromatic heterocycles. The number of rotatable bonds is 3. The van der Waals surface area contributed by atoms with Gasteiger partial charge in [-0.25, -0.2) is 0 Å². The van der Waals surface area contributed by atoms with Gasteiger partial charge in [0.15, 0.2) is 0 Å². The van der Waals surface area contributed by atoms with E-state index in [4.69, 9.17) is 17.3 Å². The zero-order valence-corrected chi connectivity index (χ0v) is 11.5. The number of nitrogen functional groups attached to an aromatic ring is 1. The Balaban J connectivity index is 2.07. The van der Waals surface area contributed by atoms with E-state index < -0.39 is 0 Å². The third-order valence-corrected chi connectivity index (χ3v) is 4.61. The molecular formula is C11H11ClN2OS2. The number of carbonyl (C=O) groups excluding carboxylic acids is 1. The predicted molar refractivity (Wildman–Crippen MR) is 73.9 cm³/mol. The van der Waals surface area contributed by atoms with Crippen LogP contribution in [-0.4, -0.2) is 5.91 Å². The maximum atomic E-state index is 11.9. The van der Waals surface area contributed by atoms with Crippen molar-refractivity contribution in [3.05, 3.63) is 37.7 Å². The number of hydrogen-bond acceptors (Lipinski definition) is 4. The molecule has 1 atom stereocenters. The third kappa shape index (κ3) is 2.80. The van der Waals surface area contributed by atoms with E-state index in [1.54, 1.807) is 11.4 Å². The highest BCUT2D eigenvalue weighted by molar-refractivity contribution is 7.16. The minimum absolute atomic E-state index is 0.0681. The molecule has 0 aromatic carbocycles. The van der Waals surface area contributed by atoms with Crippen molar-refractivity contribution in [2.24, 2.45) is 0 Å². The first-order valence-corrected chi connectivity index (χ1v) is 7.04. The number of anilines is 1. The fourth-order valence-corrected chi connectivity index (χ4v) is 3.18. The SMILES string of the molecule is CC(NC(=O)c1sccc1N)c1ccc(Cl)s1. The van der Waals surface area contributed by atoms with E-state index in [1.165, 1.54) is 22.7 Å². The van der Waals surface area contributed by atoms with E-state index in [2.05, 4.69) is 5.32 Å². The van der Waals surface area contributed by atoms with Crippen LogP contribution >= 0.6 is 34.3 Å². The maximum Gasteiger partial charge on any atom is 0.263 e. The lowest BCUT2D eigenvalue weighted by molar-refractivity contribution is 0.0945. The summed E-state index contributed by atoms with van der Waals surface area (Å²) in [4.78, 5) is 13.5. The Bertz CT molecular complexity index is 535. The first-order chi connectivity index (χ1) is 8.08. The summed E-state index contributed by atoms with van der Waals surface area (Å²) in [5.74, 6) is -0.144. The molecule has 1 unspecified atom stereocenters. The van der Waals surface area contributed by atoms with Gasteiger partial charge < -0.3 is 11.1 Å². The Hall–Kier alpha value is -1.04. The van der Waals surface area contributed by atoms with Gasteiger partial charge >= 0.3 is 0 Å². The van der Waals surface area contributed by atoms with Crippen LogP contribution in [0.3, 0.4) is 0 Å². The average Bonchev–Trinajstić information content (AvgIpc) is 2.86. The van der Waals surface area contributed by atoms with Crippen LogP contribution in [0.4, 0.5) is 5.69 Å². The van der Waals surface area contributed by atoms with E-state index in [0.717, 1.165) is 9.21 Å². The molecule has 6 heteroatoms. The Morgan fingerprint density at radius 1 is 1.47 bits per heavy atom. The van der Waals surface area contributed by atoms with Crippen molar-refractivity contribution >= 4 is 45.9 Å². The quantitative estimate of drug-likeness (QED) is 0.907. The molecule has 3 N–H and O–H groups in total. The molecule has 17 heavy (non-hydrogen) atoms. The van der Waals surface area contributed by atoms with Crippen LogP contribution in [0, 0.1) is 0 Å². The normalized spacial score (nSPS) is 12.4. The van der Waals surface area contributed by atoms with Gasteiger partial charge in [-0.15, -0.1) is 22.7 Å². The molecule has 0 spiro atoms. The van der Waals surface area contributed by atoms with E-state index >= 15 is 0 Å². The Labute approximate surface area is 112 Å². The van der Waals surface area contributed by atoms with Crippen LogP contribution in [0.1, 0.15) is 27.5 Å². The second-order valence-electron chi connectivity index (χ2n) is 3.54. The molecule has 2 aromatic rings. The number of amides is 1. The number of thiophene rings is 2. The summed E-state index contributed by atoms with van der Waals surface area (Å²) in [5.41, 5.74) is 6.21. The molecule has 1 amide bonds. The molecular weight excluding hydrogens is 276 g/mol. The van der Waals surface area contributed by atoms with E-state index in [9.17, 15) is 4.79 Å². The van der Waals surface area contributed by atoms with Gasteiger partial charge in [0.25, 0.3) is 5.91 Å². The monoisotopic (exact) mass is 286 g/mol. The van der Waals surface area contributed by atoms with Gasteiger partial charge in [-0.05, 0) is 30.5 Å². The van der Waals surface area contributed by atoms with Crippen molar-refractivity contribution in [2.75, 3.05) is 5.73 Å². The lowest BCUT2D eigenvalue weighted by Gasteiger charge is -2.11. The molecule has 0 radical (unpaired) electrons. The highest BCUT2D eigenvalue weighted by Gasteiger charge is 2.15. The van der Waals surface area contributed by atoms with E-state index in [-0.39, 0.29) is 11.9 Å². The van der Waals surface area contributed by atoms with Crippen LogP contribution in [-0.2, 0) is 0 Å². The standard InChI is InChI=1S/C11H11ClN2OS2/c1-6(8-2-3-9(12)17-8)14-11(15)10-7(13)4-5-16-10/h2-6H,13H2,1H3,(H,14,15). The summed E-state index contributed by atoms with van der Waals surface area (Å²) in [6.45, 7) is 1.92. The summed E-state index contributed by atoms with van der Waals surface area (Å²) in [5, 5.41) is 4.70. The lowest BCUT2D eigenvalue weighted by atomic mass is 10.2. The van der Waals surface area contributed by atoms with Gasteiger partial charge in [-0.1, -0.05) is 11.6 Å². The van der Waals surface area contributed by atoms with E-state index in [1.807, 2.05) is 19.1 Å². The van der Waals surface area contributed by atoms with Crippen molar-refractivity contribution in [3.8, 4) is 0 Å². The fourth-order valence-electron chi connectivity index (χ4n) is 1.40. The van der Waals surface area contributed by atoms with Crippen molar-refractivity contribution in [2.45, 2.75) is 13.0 Å². The van der Waals surface area contributed by atoms with Gasteiger partial charge in [0.1, 0.15) is 4.88 Å². The second kappa shape index (κ2) is 5.08. The van der Waals surface area contributed by atoms with Gasteiger partial charge in [-0.3, -0.25) is 4.79 Å². The topological polar surface area (TPSA) is 55.1 Å². The van der Waals surface area contributed by atoms with Gasteiger partial charge in [0, 0.05) is 4.88 Å². The molecule has 0 bridgehead atoms. The molecule has 0 aliphatic carbocycles. The second-order valence-corrected chi connectivity index (χ2v) is 6.20. The van der Waals surface area contributed by atoms with Crippen LogP contribution in [0.25, 0.3) is 0 Å². The molecule has 2 heterocycles. The molecule has 3 nitrogen and oxygen atoms in total. The summed E-state index contributed by atoms with van der Waals surface area (Å²) < 4.78 is 0.719. The van der Waals surface area contributed by atoms with Crippen molar-refractivity contribution in [1.82, 2.24) is 5.32 Å². The van der Waals surface area contributed by atoms with Crippen molar-refractivity contribution in [3.63, 3.8) is 0 Å². The lowest BCUT2D eigenvalue weighted by Crippen LogP contribution is -2.25. The van der Waals surface area contributed by atoms with Gasteiger partial charge in [0.05, 0.1) is 16.1 Å². The van der Waals surface area contributed by atoms with Gasteiger partial charge in [-0.2, -0.15) is 0 Å². The first-order valence-electron chi connectivity index (χ1n) is 4.97. The number of nitrogens with two attached hydrogens (primary N) is 1. The van der Waals surface area contributed by atoms with Gasteiger partial charge in [0.2, 0.25) is 0 Å². The van der Waals surface area contributed by atoms with Crippen LogP contribution in [0.5, 0.6) is 0 Å². The van der Waals surface area contributed by atoms with Crippen molar-refractivity contribution in [1.29, 1.82) is 0 Å². The Morgan fingerprint density at radius 2 is 2.24 bits per heavy atom. The minimum atomic E-state index is -0.144. The van der Waals surface area contributed by atoms with Crippen LogP contribution in [0.15, 0.2) is 23.6 Å². The molecule has 0 aliphatic rings. The molecule has 0 saturated heterocycles.